The maximum Gasteiger partial charge on any atom is 0.340 e. The SMILES string of the molecule is O=C(OC[C@H]1OC(O)(COC(=O)c2cccnc2)[C@@H](OC(=O)c2cccnc2)[C@@H]1OC(=O)c1cccnc1)c1cccnc1. The number of pyridine rings is 4. The van der Waals surface area contributed by atoms with E-state index < -0.39 is 61.2 Å². The van der Waals surface area contributed by atoms with Crippen molar-refractivity contribution in [1.82, 2.24) is 19.9 Å². The largest absolute Gasteiger partial charge is 0.459 e. The Morgan fingerprint density at radius 1 is 0.659 bits per heavy atom. The molecular weight excluding hydrogens is 576 g/mol. The van der Waals surface area contributed by atoms with Crippen LogP contribution >= 0.6 is 0 Å². The van der Waals surface area contributed by atoms with E-state index in [1.165, 1.54) is 98.1 Å². The molecule has 4 aromatic rings. The minimum atomic E-state index is -2.57. The summed E-state index contributed by atoms with van der Waals surface area (Å²) in [5.41, 5.74) is 0.231. The summed E-state index contributed by atoms with van der Waals surface area (Å²) in [5.74, 6) is -6.10. The average molecular weight is 601 g/mol. The van der Waals surface area contributed by atoms with Gasteiger partial charge in [0, 0.05) is 49.6 Å². The Balaban J connectivity index is 1.44. The average Bonchev–Trinajstić information content (AvgIpc) is 3.33. The van der Waals surface area contributed by atoms with Crippen molar-refractivity contribution in [2.24, 2.45) is 0 Å². The molecule has 0 saturated carbocycles. The number of hydrogen-bond acceptors (Lipinski definition) is 14. The van der Waals surface area contributed by atoms with Crippen molar-refractivity contribution in [2.75, 3.05) is 13.2 Å². The van der Waals surface area contributed by atoms with Gasteiger partial charge in [-0.05, 0) is 48.5 Å². The molecule has 0 aromatic carbocycles. The van der Waals surface area contributed by atoms with Gasteiger partial charge in [0.15, 0.2) is 12.2 Å². The van der Waals surface area contributed by atoms with Crippen LogP contribution in [0, 0.1) is 0 Å². The van der Waals surface area contributed by atoms with Gasteiger partial charge in [-0.3, -0.25) is 19.9 Å². The lowest BCUT2D eigenvalue weighted by Gasteiger charge is -2.29. The van der Waals surface area contributed by atoms with Crippen LogP contribution in [0.25, 0.3) is 0 Å². The van der Waals surface area contributed by atoms with Gasteiger partial charge in [-0.2, -0.15) is 0 Å². The van der Waals surface area contributed by atoms with E-state index >= 15 is 0 Å². The van der Waals surface area contributed by atoms with Crippen LogP contribution in [-0.2, 0) is 23.7 Å². The van der Waals surface area contributed by atoms with Gasteiger partial charge in [0.05, 0.1) is 22.3 Å². The van der Waals surface area contributed by atoms with Gasteiger partial charge in [0.25, 0.3) is 0 Å². The van der Waals surface area contributed by atoms with E-state index in [-0.39, 0.29) is 22.3 Å². The third-order valence-electron chi connectivity index (χ3n) is 6.32. The summed E-state index contributed by atoms with van der Waals surface area (Å²) in [4.78, 5) is 67.1. The first kappa shape index (κ1) is 29.9. The molecule has 4 aromatic heterocycles. The van der Waals surface area contributed by atoms with E-state index in [0.29, 0.717) is 0 Å². The van der Waals surface area contributed by atoms with E-state index in [9.17, 15) is 24.3 Å². The zero-order valence-corrected chi connectivity index (χ0v) is 22.8. The molecule has 0 radical (unpaired) electrons. The van der Waals surface area contributed by atoms with Crippen LogP contribution in [0.3, 0.4) is 0 Å². The summed E-state index contributed by atoms with van der Waals surface area (Å²) in [6.45, 7) is -1.45. The predicted octanol–water partition coefficient (Wildman–Crippen LogP) is 1.82. The van der Waals surface area contributed by atoms with E-state index in [1.807, 2.05) is 0 Å². The first-order chi connectivity index (χ1) is 21.3. The maximum atomic E-state index is 13.1. The van der Waals surface area contributed by atoms with Crippen LogP contribution in [-0.4, -0.2) is 86.2 Å². The second-order valence-electron chi connectivity index (χ2n) is 9.34. The molecule has 0 spiro atoms. The molecule has 1 unspecified atom stereocenters. The highest BCUT2D eigenvalue weighted by Crippen LogP contribution is 2.36. The Morgan fingerprint density at radius 2 is 1.09 bits per heavy atom. The number of carbonyl (C=O) groups is 4. The van der Waals surface area contributed by atoms with Crippen LogP contribution in [0.4, 0.5) is 0 Å². The highest BCUT2D eigenvalue weighted by molar-refractivity contribution is 5.91. The number of esters is 4. The summed E-state index contributed by atoms with van der Waals surface area (Å²) >= 11 is 0. The maximum absolute atomic E-state index is 13.1. The Hall–Kier alpha value is -5.60. The van der Waals surface area contributed by atoms with Gasteiger partial charge in [0.2, 0.25) is 5.79 Å². The van der Waals surface area contributed by atoms with E-state index in [2.05, 4.69) is 19.9 Å². The zero-order chi connectivity index (χ0) is 30.9. The third-order valence-corrected chi connectivity index (χ3v) is 6.32. The molecule has 1 aliphatic heterocycles. The molecule has 14 nitrogen and oxygen atoms in total. The topological polar surface area (TPSA) is 186 Å². The number of aromatic nitrogens is 4. The van der Waals surface area contributed by atoms with Crippen LogP contribution < -0.4 is 0 Å². The Labute approximate surface area is 249 Å². The summed E-state index contributed by atoms with van der Waals surface area (Å²) in [6.07, 6.45) is 6.08. The van der Waals surface area contributed by atoms with Gasteiger partial charge < -0.3 is 28.8 Å². The second kappa shape index (κ2) is 13.6. The number of rotatable bonds is 10. The van der Waals surface area contributed by atoms with Crippen molar-refractivity contribution in [1.29, 1.82) is 0 Å². The van der Waals surface area contributed by atoms with Crippen molar-refractivity contribution in [2.45, 2.75) is 24.1 Å². The van der Waals surface area contributed by atoms with Crippen LogP contribution in [0.1, 0.15) is 41.4 Å². The van der Waals surface area contributed by atoms with E-state index in [4.69, 9.17) is 23.7 Å². The lowest BCUT2D eigenvalue weighted by molar-refractivity contribution is -0.247. The quantitative estimate of drug-likeness (QED) is 0.205. The van der Waals surface area contributed by atoms with Crippen LogP contribution in [0.2, 0.25) is 0 Å². The lowest BCUT2D eigenvalue weighted by atomic mass is 10.0. The monoisotopic (exact) mass is 600 g/mol. The fraction of sp³-hybridized carbons (Fsp3) is 0.200. The second-order valence-corrected chi connectivity index (χ2v) is 9.34. The van der Waals surface area contributed by atoms with Crippen molar-refractivity contribution >= 4 is 23.9 Å². The van der Waals surface area contributed by atoms with E-state index in [0.717, 1.165) is 0 Å². The molecule has 224 valence electrons. The Kier molecular flexibility index (Phi) is 9.22. The molecule has 5 rings (SSSR count). The van der Waals surface area contributed by atoms with Crippen LogP contribution in [0.5, 0.6) is 0 Å². The smallest absolute Gasteiger partial charge is 0.340 e. The van der Waals surface area contributed by atoms with Gasteiger partial charge in [0.1, 0.15) is 19.3 Å². The molecule has 1 fully saturated rings. The van der Waals surface area contributed by atoms with Gasteiger partial charge in [-0.15, -0.1) is 0 Å². The van der Waals surface area contributed by atoms with Crippen molar-refractivity contribution in [3.05, 3.63) is 120 Å². The molecule has 0 amide bonds. The Morgan fingerprint density at radius 3 is 1.55 bits per heavy atom. The first-order valence-corrected chi connectivity index (χ1v) is 13.1. The summed E-state index contributed by atoms with van der Waals surface area (Å²) in [6, 6.07) is 11.8. The molecule has 4 atom stereocenters. The predicted molar refractivity (Wildman–Crippen MR) is 146 cm³/mol. The molecule has 1 aliphatic rings. The van der Waals surface area contributed by atoms with Crippen molar-refractivity contribution in [3.8, 4) is 0 Å². The zero-order valence-electron chi connectivity index (χ0n) is 22.8. The van der Waals surface area contributed by atoms with Crippen molar-refractivity contribution in [3.63, 3.8) is 0 Å². The minimum Gasteiger partial charge on any atom is -0.459 e. The number of hydrogen-bond donors (Lipinski definition) is 1. The number of aliphatic hydroxyl groups is 1. The fourth-order valence-corrected chi connectivity index (χ4v) is 4.19. The molecule has 0 aliphatic carbocycles. The number of carbonyl (C=O) groups excluding carboxylic acids is 4. The van der Waals surface area contributed by atoms with Gasteiger partial charge >= 0.3 is 23.9 Å². The molecule has 0 bridgehead atoms. The van der Waals surface area contributed by atoms with Crippen LogP contribution in [0.15, 0.2) is 98.1 Å². The summed E-state index contributed by atoms with van der Waals surface area (Å²) in [5, 5.41) is 11.7. The number of nitrogens with zero attached hydrogens (tertiary/aromatic N) is 4. The molecule has 1 saturated heterocycles. The summed E-state index contributed by atoms with van der Waals surface area (Å²) in [7, 11) is 0. The molecule has 14 heteroatoms. The minimum absolute atomic E-state index is 0.00555. The molecule has 1 N–H and O–H groups in total. The normalized spacial score (nSPS) is 20.7. The lowest BCUT2D eigenvalue weighted by Crippen LogP contribution is -2.51. The standard InChI is InChI=1S/C30H24N4O10/c35-26(19-5-1-9-31-13-19)40-17-23-24(42-28(37)21-7-3-11-33-15-21)25(43-29(38)22-8-4-12-34-16-22)30(39,44-23)18-41-27(36)20-6-2-10-32-14-20/h1-16,23-25,39H,17-18H2/t23-,24-,25+,30?/m1/s1. The Bertz CT molecular complexity index is 1600. The third kappa shape index (κ3) is 7.06. The van der Waals surface area contributed by atoms with Crippen molar-refractivity contribution < 1.29 is 48.0 Å². The number of ether oxygens (including phenoxy) is 5. The van der Waals surface area contributed by atoms with E-state index in [1.54, 1.807) is 0 Å². The molecular formula is C30H24N4O10. The first-order valence-electron chi connectivity index (χ1n) is 13.1. The molecule has 5 heterocycles. The highest BCUT2D eigenvalue weighted by atomic mass is 16.7. The fourth-order valence-electron chi connectivity index (χ4n) is 4.19. The highest BCUT2D eigenvalue weighted by Gasteiger charge is 2.60. The molecule has 44 heavy (non-hydrogen) atoms. The van der Waals surface area contributed by atoms with Gasteiger partial charge in [-0.1, -0.05) is 0 Å². The van der Waals surface area contributed by atoms with Gasteiger partial charge in [-0.25, -0.2) is 19.2 Å². The summed E-state index contributed by atoms with van der Waals surface area (Å²) < 4.78 is 27.8.